The molecule has 3 aliphatic heterocycles. The predicted octanol–water partition coefficient (Wildman–Crippen LogP) is 1.95. The fourth-order valence-electron chi connectivity index (χ4n) is 3.16. The summed E-state index contributed by atoms with van der Waals surface area (Å²) in [5, 5.41) is 0. The number of piperazine rings is 1. The van der Waals surface area contributed by atoms with Crippen molar-refractivity contribution in [2.45, 2.75) is 64.7 Å². The molecule has 3 heterocycles. The van der Waals surface area contributed by atoms with Crippen LogP contribution in [0.3, 0.4) is 0 Å². The molecule has 0 spiro atoms. The van der Waals surface area contributed by atoms with Crippen LogP contribution in [0.2, 0.25) is 0 Å². The zero-order chi connectivity index (χ0) is 10.3. The highest BCUT2D eigenvalue weighted by atomic mass is 15.3. The van der Waals surface area contributed by atoms with Crippen molar-refractivity contribution in [1.29, 1.82) is 0 Å². The van der Waals surface area contributed by atoms with Crippen LogP contribution in [0.1, 0.15) is 40.5 Å². The van der Waals surface area contributed by atoms with E-state index < -0.39 is 0 Å². The summed E-state index contributed by atoms with van der Waals surface area (Å²) >= 11 is 0. The number of fused-ring (bicyclic) bond motifs is 3. The lowest BCUT2D eigenvalue weighted by atomic mass is 9.89. The molecule has 0 aromatic rings. The fourth-order valence-corrected chi connectivity index (χ4v) is 3.16. The molecule has 2 atom stereocenters. The molecule has 3 rings (SSSR count). The number of nitrogens with zero attached hydrogens (tertiary/aromatic N) is 2. The Hall–Kier alpha value is -0.0800. The second kappa shape index (κ2) is 3.82. The van der Waals surface area contributed by atoms with Gasteiger partial charge in [0.1, 0.15) is 0 Å². The first kappa shape index (κ1) is 10.4. The minimum Gasteiger partial charge on any atom is -0.295 e. The lowest BCUT2D eigenvalue weighted by molar-refractivity contribution is -0.0495. The summed E-state index contributed by atoms with van der Waals surface area (Å²) in [5.74, 6) is 0. The average molecular weight is 196 g/mol. The SMILES string of the molecule is CC(C)N1CC2CCC1CN2C(C)C. The first-order chi connectivity index (χ1) is 6.59. The van der Waals surface area contributed by atoms with Crippen molar-refractivity contribution in [3.05, 3.63) is 0 Å². The molecule has 0 aromatic heterocycles. The van der Waals surface area contributed by atoms with E-state index in [4.69, 9.17) is 0 Å². The molecular formula is C12H24N2. The summed E-state index contributed by atoms with van der Waals surface area (Å²) < 4.78 is 0. The molecule has 0 radical (unpaired) electrons. The quantitative estimate of drug-likeness (QED) is 0.666. The van der Waals surface area contributed by atoms with Crippen LogP contribution in [0.4, 0.5) is 0 Å². The molecule has 82 valence electrons. The van der Waals surface area contributed by atoms with Crippen LogP contribution < -0.4 is 0 Å². The van der Waals surface area contributed by atoms with Crippen LogP contribution in [-0.4, -0.2) is 47.1 Å². The van der Waals surface area contributed by atoms with Gasteiger partial charge in [-0.1, -0.05) is 0 Å². The summed E-state index contributed by atoms with van der Waals surface area (Å²) in [5.41, 5.74) is 0. The monoisotopic (exact) mass is 196 g/mol. The third kappa shape index (κ3) is 1.70. The lowest BCUT2D eigenvalue weighted by Gasteiger charge is -2.54. The van der Waals surface area contributed by atoms with E-state index in [9.17, 15) is 0 Å². The number of hydrogen-bond donors (Lipinski definition) is 0. The minimum atomic E-state index is 0.733. The Morgan fingerprint density at radius 1 is 0.786 bits per heavy atom. The first-order valence-corrected chi connectivity index (χ1v) is 6.11. The molecular weight excluding hydrogens is 172 g/mol. The van der Waals surface area contributed by atoms with Crippen molar-refractivity contribution < 1.29 is 0 Å². The summed E-state index contributed by atoms with van der Waals surface area (Å²) in [6.07, 6.45) is 2.85. The van der Waals surface area contributed by atoms with Crippen molar-refractivity contribution in [3.8, 4) is 0 Å². The maximum atomic E-state index is 2.70. The Morgan fingerprint density at radius 2 is 1.14 bits per heavy atom. The van der Waals surface area contributed by atoms with E-state index in [-0.39, 0.29) is 0 Å². The largest absolute Gasteiger partial charge is 0.295 e. The third-order valence-corrected chi connectivity index (χ3v) is 3.94. The van der Waals surface area contributed by atoms with E-state index in [1.807, 2.05) is 0 Å². The van der Waals surface area contributed by atoms with Gasteiger partial charge in [-0.3, -0.25) is 9.80 Å². The second-order valence-electron chi connectivity index (χ2n) is 5.47. The maximum Gasteiger partial charge on any atom is 0.0227 e. The summed E-state index contributed by atoms with van der Waals surface area (Å²) in [4.78, 5) is 5.40. The van der Waals surface area contributed by atoms with Gasteiger partial charge >= 0.3 is 0 Å². The standard InChI is InChI=1S/C12H24N2/c1-9(2)13-7-12-6-5-11(13)8-14(12)10(3)4/h9-12H,5-8H2,1-4H3. The Morgan fingerprint density at radius 3 is 1.36 bits per heavy atom. The van der Waals surface area contributed by atoms with Gasteiger partial charge in [0, 0.05) is 37.3 Å². The van der Waals surface area contributed by atoms with Crippen LogP contribution in [0.15, 0.2) is 0 Å². The van der Waals surface area contributed by atoms with E-state index >= 15 is 0 Å². The summed E-state index contributed by atoms with van der Waals surface area (Å²) in [6.45, 7) is 11.9. The van der Waals surface area contributed by atoms with Gasteiger partial charge in [-0.15, -0.1) is 0 Å². The van der Waals surface area contributed by atoms with Crippen molar-refractivity contribution in [3.63, 3.8) is 0 Å². The molecule has 2 heteroatoms. The first-order valence-electron chi connectivity index (χ1n) is 6.11. The molecule has 3 aliphatic rings. The second-order valence-corrected chi connectivity index (χ2v) is 5.47. The smallest absolute Gasteiger partial charge is 0.0227 e. The number of hydrogen-bond acceptors (Lipinski definition) is 2. The van der Waals surface area contributed by atoms with Crippen LogP contribution in [-0.2, 0) is 0 Å². The van der Waals surface area contributed by atoms with Gasteiger partial charge in [-0.25, -0.2) is 0 Å². The van der Waals surface area contributed by atoms with Gasteiger partial charge < -0.3 is 0 Å². The van der Waals surface area contributed by atoms with Crippen LogP contribution in [0.5, 0.6) is 0 Å². The van der Waals surface area contributed by atoms with E-state index in [0.717, 1.165) is 24.2 Å². The zero-order valence-electron chi connectivity index (χ0n) is 10.0. The minimum absolute atomic E-state index is 0.733. The van der Waals surface area contributed by atoms with Gasteiger partial charge in [-0.2, -0.15) is 0 Å². The Balaban J connectivity index is 2.05. The molecule has 3 saturated heterocycles. The molecule has 0 saturated carbocycles. The highest BCUT2D eigenvalue weighted by molar-refractivity contribution is 4.96. The average Bonchev–Trinajstić information content (AvgIpc) is 2.18. The van der Waals surface area contributed by atoms with Crippen LogP contribution in [0, 0.1) is 0 Å². The van der Waals surface area contributed by atoms with E-state index in [1.54, 1.807) is 0 Å². The predicted molar refractivity (Wildman–Crippen MR) is 60.5 cm³/mol. The third-order valence-electron chi connectivity index (χ3n) is 3.94. The topological polar surface area (TPSA) is 6.48 Å². The molecule has 0 amide bonds. The number of piperidine rings is 2. The zero-order valence-corrected chi connectivity index (χ0v) is 10.0. The van der Waals surface area contributed by atoms with Gasteiger partial charge in [0.15, 0.2) is 0 Å². The summed E-state index contributed by atoms with van der Waals surface area (Å²) in [6, 6.07) is 3.14. The lowest BCUT2D eigenvalue weighted by Crippen LogP contribution is -2.65. The molecule has 2 bridgehead atoms. The highest BCUT2D eigenvalue weighted by Crippen LogP contribution is 2.31. The normalized spacial score (nSPS) is 34.7. The van der Waals surface area contributed by atoms with Crippen molar-refractivity contribution in [2.24, 2.45) is 0 Å². The number of rotatable bonds is 2. The Labute approximate surface area is 88.3 Å². The van der Waals surface area contributed by atoms with Gasteiger partial charge in [-0.05, 0) is 40.5 Å². The Bertz CT molecular complexity index is 178. The molecule has 0 aromatic carbocycles. The van der Waals surface area contributed by atoms with Gasteiger partial charge in [0.05, 0.1) is 0 Å². The molecule has 0 N–H and O–H groups in total. The molecule has 2 unspecified atom stereocenters. The van der Waals surface area contributed by atoms with Crippen molar-refractivity contribution in [2.75, 3.05) is 13.1 Å². The summed E-state index contributed by atoms with van der Waals surface area (Å²) in [7, 11) is 0. The van der Waals surface area contributed by atoms with Gasteiger partial charge in [0.25, 0.3) is 0 Å². The van der Waals surface area contributed by atoms with Gasteiger partial charge in [0.2, 0.25) is 0 Å². The van der Waals surface area contributed by atoms with Crippen molar-refractivity contribution >= 4 is 0 Å². The Kier molecular flexibility index (Phi) is 2.85. The highest BCUT2D eigenvalue weighted by Gasteiger charge is 2.40. The maximum absolute atomic E-state index is 2.70. The molecule has 3 fully saturated rings. The van der Waals surface area contributed by atoms with E-state index in [1.165, 1.54) is 25.9 Å². The molecule has 14 heavy (non-hydrogen) atoms. The van der Waals surface area contributed by atoms with Crippen LogP contribution >= 0.6 is 0 Å². The van der Waals surface area contributed by atoms with E-state index in [2.05, 4.69) is 37.5 Å². The molecule has 2 nitrogen and oxygen atoms in total. The van der Waals surface area contributed by atoms with E-state index in [0.29, 0.717) is 0 Å². The fraction of sp³-hybridized carbons (Fsp3) is 1.00. The van der Waals surface area contributed by atoms with Crippen molar-refractivity contribution in [1.82, 2.24) is 9.80 Å². The van der Waals surface area contributed by atoms with Crippen LogP contribution in [0.25, 0.3) is 0 Å². The molecule has 0 aliphatic carbocycles.